The SMILES string of the molecule is C[C@@H]1Cc2cc(/C(O)=C3\C(=O)C(=O)N(c4nc5ccc(Cl)cc5s4)[C@@H]3c3ccc(Cl)cc3)ccc2O1. The van der Waals surface area contributed by atoms with Crippen LogP contribution in [0, 0.1) is 0 Å². The van der Waals surface area contributed by atoms with Gasteiger partial charge >= 0.3 is 5.91 Å². The van der Waals surface area contributed by atoms with Crippen LogP contribution in [-0.2, 0) is 16.0 Å². The number of aliphatic hydroxyl groups excluding tert-OH is 1. The number of hydrogen-bond donors (Lipinski definition) is 1. The Morgan fingerprint density at radius 2 is 1.81 bits per heavy atom. The van der Waals surface area contributed by atoms with Gasteiger partial charge < -0.3 is 9.84 Å². The summed E-state index contributed by atoms with van der Waals surface area (Å²) in [4.78, 5) is 32.8. The van der Waals surface area contributed by atoms with Crippen molar-refractivity contribution < 1.29 is 19.4 Å². The number of ether oxygens (including phenoxy) is 1. The van der Waals surface area contributed by atoms with Crippen molar-refractivity contribution in [2.75, 3.05) is 4.90 Å². The van der Waals surface area contributed by atoms with Crippen molar-refractivity contribution in [2.24, 2.45) is 0 Å². The molecule has 1 aromatic heterocycles. The summed E-state index contributed by atoms with van der Waals surface area (Å²) in [6, 6.07) is 16.5. The van der Waals surface area contributed by atoms with Crippen LogP contribution in [0.1, 0.15) is 29.7 Å². The monoisotopic (exact) mass is 536 g/mol. The Labute approximate surface area is 220 Å². The van der Waals surface area contributed by atoms with E-state index >= 15 is 0 Å². The Bertz CT molecular complexity index is 1600. The molecule has 180 valence electrons. The number of Topliss-reactive ketones (excluding diaryl/α,β-unsaturated/α-hetero) is 1. The zero-order chi connectivity index (χ0) is 25.1. The lowest BCUT2D eigenvalue weighted by Crippen LogP contribution is -2.29. The van der Waals surface area contributed by atoms with Crippen molar-refractivity contribution in [1.82, 2.24) is 4.98 Å². The maximum Gasteiger partial charge on any atom is 0.301 e. The van der Waals surface area contributed by atoms with Crippen LogP contribution in [0.25, 0.3) is 16.0 Å². The van der Waals surface area contributed by atoms with E-state index in [0.29, 0.717) is 38.2 Å². The van der Waals surface area contributed by atoms with Crippen LogP contribution in [0.15, 0.2) is 66.2 Å². The standard InChI is InChI=1S/C27H18Cl2N2O4S/c1-13-10-16-11-15(4-9-20(16)35-13)24(32)22-23(14-2-5-17(28)6-3-14)31(26(34)25(22)33)27-30-19-8-7-18(29)12-21(19)36-27/h2-9,11-13,23,32H,10H2,1H3/b24-22+/t13-,23-/m1/s1. The summed E-state index contributed by atoms with van der Waals surface area (Å²) in [5.74, 6) is -1.04. The fourth-order valence-electron chi connectivity index (χ4n) is 4.70. The molecule has 2 atom stereocenters. The number of rotatable bonds is 3. The summed E-state index contributed by atoms with van der Waals surface area (Å²) in [5, 5.41) is 12.8. The highest BCUT2D eigenvalue weighted by Crippen LogP contribution is 2.45. The van der Waals surface area contributed by atoms with Gasteiger partial charge in [0.2, 0.25) is 0 Å². The molecule has 6 nitrogen and oxygen atoms in total. The van der Waals surface area contributed by atoms with Gasteiger partial charge in [-0.15, -0.1) is 0 Å². The fraction of sp³-hybridized carbons (Fsp3) is 0.148. The summed E-state index contributed by atoms with van der Waals surface area (Å²) >= 11 is 13.5. The molecular formula is C27H18Cl2N2O4S. The van der Waals surface area contributed by atoms with Gasteiger partial charge in [0.05, 0.1) is 21.8 Å². The number of ketones is 1. The van der Waals surface area contributed by atoms with Crippen LogP contribution in [-0.4, -0.2) is 27.9 Å². The first-order valence-corrected chi connectivity index (χ1v) is 12.8. The third kappa shape index (κ3) is 3.75. The van der Waals surface area contributed by atoms with Crippen molar-refractivity contribution in [3.8, 4) is 5.75 Å². The van der Waals surface area contributed by atoms with Crippen LogP contribution >= 0.6 is 34.5 Å². The normalized spacial score (nSPS) is 20.7. The third-order valence-electron chi connectivity index (χ3n) is 6.34. The maximum absolute atomic E-state index is 13.4. The number of aromatic nitrogens is 1. The number of carbonyl (C=O) groups excluding carboxylic acids is 2. The molecule has 3 aromatic carbocycles. The smallest absolute Gasteiger partial charge is 0.301 e. The lowest BCUT2D eigenvalue weighted by molar-refractivity contribution is -0.132. The first-order valence-electron chi connectivity index (χ1n) is 11.2. The van der Waals surface area contributed by atoms with E-state index < -0.39 is 17.7 Å². The van der Waals surface area contributed by atoms with Gasteiger partial charge in [-0.05, 0) is 66.6 Å². The summed E-state index contributed by atoms with van der Waals surface area (Å²) in [5.41, 5.74) is 2.65. The van der Waals surface area contributed by atoms with Gasteiger partial charge in [0, 0.05) is 22.0 Å². The van der Waals surface area contributed by atoms with Crippen LogP contribution in [0.5, 0.6) is 5.75 Å². The second-order valence-corrected chi connectivity index (χ2v) is 10.7. The van der Waals surface area contributed by atoms with Crippen molar-refractivity contribution in [3.63, 3.8) is 0 Å². The van der Waals surface area contributed by atoms with E-state index in [1.807, 2.05) is 6.92 Å². The van der Waals surface area contributed by atoms with Crippen LogP contribution in [0.2, 0.25) is 10.0 Å². The minimum absolute atomic E-state index is 0.00785. The predicted molar refractivity (Wildman–Crippen MR) is 141 cm³/mol. The van der Waals surface area contributed by atoms with Gasteiger partial charge in [-0.3, -0.25) is 14.5 Å². The Balaban J connectivity index is 1.53. The van der Waals surface area contributed by atoms with Crippen LogP contribution in [0.3, 0.4) is 0 Å². The van der Waals surface area contributed by atoms with E-state index in [2.05, 4.69) is 4.98 Å². The van der Waals surface area contributed by atoms with Gasteiger partial charge in [0.15, 0.2) is 5.13 Å². The van der Waals surface area contributed by atoms with Crippen molar-refractivity contribution in [3.05, 3.63) is 93.0 Å². The highest BCUT2D eigenvalue weighted by Gasteiger charge is 2.48. The van der Waals surface area contributed by atoms with E-state index in [4.69, 9.17) is 27.9 Å². The number of anilines is 1. The first kappa shape index (κ1) is 23.0. The number of thiazole rings is 1. The molecule has 3 heterocycles. The Morgan fingerprint density at radius 3 is 2.58 bits per heavy atom. The van der Waals surface area contributed by atoms with Crippen molar-refractivity contribution in [1.29, 1.82) is 0 Å². The van der Waals surface area contributed by atoms with Crippen LogP contribution in [0.4, 0.5) is 5.13 Å². The van der Waals surface area contributed by atoms with Gasteiger partial charge in [0.1, 0.15) is 17.6 Å². The number of aliphatic hydroxyl groups is 1. The average molecular weight is 537 g/mol. The number of nitrogens with zero attached hydrogens (tertiary/aromatic N) is 2. The largest absolute Gasteiger partial charge is 0.507 e. The lowest BCUT2D eigenvalue weighted by atomic mass is 9.94. The minimum atomic E-state index is -0.887. The molecule has 0 radical (unpaired) electrons. The van der Waals surface area contributed by atoms with Gasteiger partial charge in [0.25, 0.3) is 5.78 Å². The maximum atomic E-state index is 13.4. The summed E-state index contributed by atoms with van der Waals surface area (Å²) < 4.78 is 6.54. The Kier molecular flexibility index (Phi) is 5.52. The molecule has 6 rings (SSSR count). The number of amides is 1. The Morgan fingerprint density at radius 1 is 1.06 bits per heavy atom. The van der Waals surface area contributed by atoms with Crippen LogP contribution < -0.4 is 9.64 Å². The van der Waals surface area contributed by atoms with Gasteiger partial charge in [-0.2, -0.15) is 0 Å². The van der Waals surface area contributed by atoms with E-state index in [0.717, 1.165) is 16.0 Å². The molecule has 0 unspecified atom stereocenters. The van der Waals surface area contributed by atoms with E-state index in [-0.39, 0.29) is 17.4 Å². The number of carbonyl (C=O) groups is 2. The molecule has 1 fully saturated rings. The molecule has 0 spiro atoms. The fourth-order valence-corrected chi connectivity index (χ4v) is 6.10. The summed E-state index contributed by atoms with van der Waals surface area (Å²) in [6.07, 6.45) is 0.726. The molecule has 0 saturated carbocycles. The number of benzene rings is 3. The molecule has 1 amide bonds. The minimum Gasteiger partial charge on any atom is -0.507 e. The second-order valence-electron chi connectivity index (χ2n) is 8.78. The number of halogens is 2. The Hall–Kier alpha value is -3.39. The number of fused-ring (bicyclic) bond motifs is 2. The molecule has 2 aliphatic heterocycles. The van der Waals surface area contributed by atoms with Crippen molar-refractivity contribution >= 4 is 67.3 Å². The van der Waals surface area contributed by atoms with E-state index in [1.165, 1.54) is 16.2 Å². The second kappa shape index (κ2) is 8.62. The summed E-state index contributed by atoms with van der Waals surface area (Å²) in [7, 11) is 0. The molecule has 1 N–H and O–H groups in total. The molecule has 0 bridgehead atoms. The molecule has 36 heavy (non-hydrogen) atoms. The topological polar surface area (TPSA) is 79.7 Å². The summed E-state index contributed by atoms with van der Waals surface area (Å²) in [6.45, 7) is 1.97. The first-order chi connectivity index (χ1) is 17.3. The average Bonchev–Trinajstić information content (AvgIpc) is 3.51. The molecule has 1 saturated heterocycles. The quantitative estimate of drug-likeness (QED) is 0.182. The van der Waals surface area contributed by atoms with Gasteiger partial charge in [-0.1, -0.05) is 46.7 Å². The highest BCUT2D eigenvalue weighted by molar-refractivity contribution is 7.22. The van der Waals surface area contributed by atoms with Gasteiger partial charge in [-0.25, -0.2) is 4.98 Å². The molecular weight excluding hydrogens is 519 g/mol. The van der Waals surface area contributed by atoms with E-state index in [1.54, 1.807) is 60.7 Å². The van der Waals surface area contributed by atoms with E-state index in [9.17, 15) is 14.7 Å². The molecule has 0 aliphatic carbocycles. The third-order valence-corrected chi connectivity index (χ3v) is 7.85. The van der Waals surface area contributed by atoms with Crippen molar-refractivity contribution in [2.45, 2.75) is 25.5 Å². The molecule has 9 heteroatoms. The molecule has 2 aliphatic rings. The molecule has 4 aromatic rings. The zero-order valence-corrected chi connectivity index (χ0v) is 21.2. The number of hydrogen-bond acceptors (Lipinski definition) is 6. The lowest BCUT2D eigenvalue weighted by Gasteiger charge is -2.23. The highest BCUT2D eigenvalue weighted by atomic mass is 35.5. The zero-order valence-electron chi connectivity index (χ0n) is 18.9. The predicted octanol–water partition coefficient (Wildman–Crippen LogP) is 6.55.